The maximum Gasteiger partial charge on any atom is 0.248 e. The fraction of sp³-hybridized carbons (Fsp3) is 0.400. The molecule has 1 aliphatic rings. The van der Waals surface area contributed by atoms with Crippen LogP contribution in [0, 0.1) is 5.82 Å². The van der Waals surface area contributed by atoms with Crippen LogP contribution < -0.4 is 9.80 Å². The second-order valence-corrected chi connectivity index (χ2v) is 5.27. The van der Waals surface area contributed by atoms with Gasteiger partial charge in [-0.3, -0.25) is 4.79 Å². The molecule has 0 atom stereocenters. The number of hydrogen-bond acceptors (Lipinski definition) is 4. The van der Waals surface area contributed by atoms with Gasteiger partial charge >= 0.3 is 0 Å². The Morgan fingerprint density at radius 2 is 2.18 bits per heavy atom. The van der Waals surface area contributed by atoms with Crippen LogP contribution in [0.15, 0.2) is 30.6 Å². The molecule has 1 aromatic heterocycles. The van der Waals surface area contributed by atoms with Gasteiger partial charge in [0.2, 0.25) is 5.91 Å². The number of anilines is 2. The number of carbonyl (C=O) groups excluding carboxylic acids is 1. The zero-order chi connectivity index (χ0) is 15.5. The predicted octanol–water partition coefficient (Wildman–Crippen LogP) is 1.68. The van der Waals surface area contributed by atoms with E-state index in [4.69, 9.17) is 0 Å². The number of benzene rings is 1. The molecule has 0 radical (unpaired) electrons. The lowest BCUT2D eigenvalue weighted by Crippen LogP contribution is -2.45. The number of fused-ring (bicyclic) bond motifs is 1. The molecule has 7 heteroatoms. The van der Waals surface area contributed by atoms with E-state index in [0.717, 1.165) is 25.2 Å². The second-order valence-electron chi connectivity index (χ2n) is 5.27. The molecule has 1 aliphatic heterocycles. The van der Waals surface area contributed by atoms with Crippen molar-refractivity contribution in [1.29, 1.82) is 0 Å². The first-order valence-electron chi connectivity index (χ1n) is 7.38. The molecule has 0 saturated carbocycles. The monoisotopic (exact) mass is 303 g/mol. The lowest BCUT2D eigenvalue weighted by atomic mass is 10.1. The number of nitrogens with zero attached hydrogens (tertiary/aromatic N) is 5. The van der Waals surface area contributed by atoms with Crippen molar-refractivity contribution in [2.45, 2.75) is 19.9 Å². The summed E-state index contributed by atoms with van der Waals surface area (Å²) in [6.07, 6.45) is 4.17. The molecule has 1 aromatic carbocycles. The standard InChI is InChI=1S/C15H18FN5O/c1-2-6-19-8-9-21(14-10-12(16)3-4-13(14)19)15(22)11-20-7-5-17-18-20/h3-5,7,10H,2,6,8-9,11H2,1H3. The highest BCUT2D eigenvalue weighted by Gasteiger charge is 2.27. The Balaban J connectivity index is 1.88. The number of halogens is 1. The highest BCUT2D eigenvalue weighted by Crippen LogP contribution is 2.34. The normalized spacial score (nSPS) is 14.1. The molecule has 0 fully saturated rings. The number of aromatic nitrogens is 3. The van der Waals surface area contributed by atoms with Gasteiger partial charge in [0, 0.05) is 25.8 Å². The Morgan fingerprint density at radius 1 is 1.32 bits per heavy atom. The van der Waals surface area contributed by atoms with E-state index in [9.17, 15) is 9.18 Å². The quantitative estimate of drug-likeness (QED) is 0.862. The van der Waals surface area contributed by atoms with Gasteiger partial charge in [-0.25, -0.2) is 9.07 Å². The second kappa shape index (κ2) is 6.13. The van der Waals surface area contributed by atoms with Gasteiger partial charge < -0.3 is 9.80 Å². The van der Waals surface area contributed by atoms with Crippen molar-refractivity contribution in [1.82, 2.24) is 15.0 Å². The zero-order valence-electron chi connectivity index (χ0n) is 12.4. The third-order valence-corrected chi connectivity index (χ3v) is 3.73. The third kappa shape index (κ3) is 2.79. The van der Waals surface area contributed by atoms with E-state index in [1.807, 2.05) is 0 Å². The van der Waals surface area contributed by atoms with Crippen LogP contribution in [0.3, 0.4) is 0 Å². The average molecular weight is 303 g/mol. The number of rotatable bonds is 4. The fourth-order valence-corrected chi connectivity index (χ4v) is 2.74. The van der Waals surface area contributed by atoms with Crippen LogP contribution in [0.2, 0.25) is 0 Å². The van der Waals surface area contributed by atoms with E-state index in [-0.39, 0.29) is 18.3 Å². The summed E-state index contributed by atoms with van der Waals surface area (Å²) in [5, 5.41) is 7.49. The molecule has 22 heavy (non-hydrogen) atoms. The summed E-state index contributed by atoms with van der Waals surface area (Å²) in [5.41, 5.74) is 1.53. The van der Waals surface area contributed by atoms with Crippen LogP contribution in [-0.4, -0.2) is 40.5 Å². The first-order valence-corrected chi connectivity index (χ1v) is 7.38. The first kappa shape index (κ1) is 14.5. The molecule has 0 bridgehead atoms. The lowest BCUT2D eigenvalue weighted by molar-refractivity contribution is -0.119. The highest BCUT2D eigenvalue weighted by atomic mass is 19.1. The molecule has 1 amide bonds. The molecule has 2 aromatic rings. The molecule has 0 unspecified atom stereocenters. The minimum absolute atomic E-state index is 0.101. The van der Waals surface area contributed by atoms with Gasteiger partial charge in [-0.05, 0) is 24.6 Å². The Morgan fingerprint density at radius 3 is 2.91 bits per heavy atom. The van der Waals surface area contributed by atoms with Crippen molar-refractivity contribution in [2.75, 3.05) is 29.4 Å². The third-order valence-electron chi connectivity index (χ3n) is 3.73. The van der Waals surface area contributed by atoms with Gasteiger partial charge in [0.25, 0.3) is 0 Å². The van der Waals surface area contributed by atoms with Crippen LogP contribution in [0.5, 0.6) is 0 Å². The summed E-state index contributed by atoms with van der Waals surface area (Å²) < 4.78 is 15.1. The molecule has 0 spiro atoms. The van der Waals surface area contributed by atoms with Crippen molar-refractivity contribution in [3.63, 3.8) is 0 Å². The highest BCUT2D eigenvalue weighted by molar-refractivity contribution is 5.97. The van der Waals surface area contributed by atoms with Crippen molar-refractivity contribution in [3.05, 3.63) is 36.4 Å². The molecule has 0 N–H and O–H groups in total. The van der Waals surface area contributed by atoms with E-state index in [2.05, 4.69) is 22.1 Å². The van der Waals surface area contributed by atoms with Crippen LogP contribution in [-0.2, 0) is 11.3 Å². The average Bonchev–Trinajstić information content (AvgIpc) is 3.00. The molecular weight excluding hydrogens is 285 g/mol. The molecule has 0 saturated heterocycles. The number of amides is 1. The predicted molar refractivity (Wildman–Crippen MR) is 81.3 cm³/mol. The van der Waals surface area contributed by atoms with Crippen molar-refractivity contribution < 1.29 is 9.18 Å². The van der Waals surface area contributed by atoms with Gasteiger partial charge in [-0.2, -0.15) is 0 Å². The summed E-state index contributed by atoms with van der Waals surface area (Å²) in [6, 6.07) is 4.61. The zero-order valence-corrected chi connectivity index (χ0v) is 12.4. The Bertz CT molecular complexity index is 658. The van der Waals surface area contributed by atoms with E-state index in [1.165, 1.54) is 23.0 Å². The van der Waals surface area contributed by atoms with Crippen LogP contribution >= 0.6 is 0 Å². The summed E-state index contributed by atoms with van der Waals surface area (Å²) in [4.78, 5) is 16.3. The Hall–Kier alpha value is -2.44. The smallest absolute Gasteiger partial charge is 0.248 e. The summed E-state index contributed by atoms with van der Waals surface area (Å²) >= 11 is 0. The van der Waals surface area contributed by atoms with Crippen LogP contribution in [0.1, 0.15) is 13.3 Å². The van der Waals surface area contributed by atoms with Gasteiger partial charge in [0.15, 0.2) is 0 Å². The number of hydrogen-bond donors (Lipinski definition) is 0. The first-order chi connectivity index (χ1) is 10.7. The topological polar surface area (TPSA) is 54.3 Å². The van der Waals surface area contributed by atoms with Crippen molar-refractivity contribution in [2.24, 2.45) is 0 Å². The minimum Gasteiger partial charge on any atom is -0.368 e. The van der Waals surface area contributed by atoms with E-state index >= 15 is 0 Å². The Labute approximate surface area is 128 Å². The molecule has 3 rings (SSSR count). The Kier molecular flexibility index (Phi) is 4.04. The van der Waals surface area contributed by atoms with Gasteiger partial charge in [-0.15, -0.1) is 5.10 Å². The SMILES string of the molecule is CCCN1CCN(C(=O)Cn2ccnn2)c2cc(F)ccc21. The van der Waals surface area contributed by atoms with Crippen molar-refractivity contribution >= 4 is 17.3 Å². The molecule has 0 aliphatic carbocycles. The minimum atomic E-state index is -0.337. The molecule has 116 valence electrons. The van der Waals surface area contributed by atoms with Crippen molar-refractivity contribution in [3.8, 4) is 0 Å². The summed E-state index contributed by atoms with van der Waals surface area (Å²) in [5.74, 6) is -0.454. The van der Waals surface area contributed by atoms with E-state index in [1.54, 1.807) is 17.2 Å². The van der Waals surface area contributed by atoms with Gasteiger partial charge in [-0.1, -0.05) is 12.1 Å². The maximum absolute atomic E-state index is 13.6. The molecule has 6 nitrogen and oxygen atoms in total. The lowest BCUT2D eigenvalue weighted by Gasteiger charge is -2.37. The fourth-order valence-electron chi connectivity index (χ4n) is 2.74. The van der Waals surface area contributed by atoms with Crippen LogP contribution in [0.4, 0.5) is 15.8 Å². The largest absolute Gasteiger partial charge is 0.368 e. The van der Waals surface area contributed by atoms with Gasteiger partial charge in [0.1, 0.15) is 12.4 Å². The van der Waals surface area contributed by atoms with E-state index in [0.29, 0.717) is 12.2 Å². The summed E-state index contributed by atoms with van der Waals surface area (Å²) in [7, 11) is 0. The molecular formula is C15H18FN5O. The summed E-state index contributed by atoms with van der Waals surface area (Å²) in [6.45, 7) is 4.39. The molecule has 2 heterocycles. The maximum atomic E-state index is 13.6. The number of carbonyl (C=O) groups is 1. The van der Waals surface area contributed by atoms with E-state index < -0.39 is 0 Å². The van der Waals surface area contributed by atoms with Gasteiger partial charge in [0.05, 0.1) is 17.6 Å². The van der Waals surface area contributed by atoms with Crippen LogP contribution in [0.25, 0.3) is 0 Å².